The molecule has 1 aromatic carbocycles. The summed E-state index contributed by atoms with van der Waals surface area (Å²) in [4.78, 5) is 11.0. The minimum Gasteiger partial charge on any atom is -0.493 e. The van der Waals surface area contributed by atoms with E-state index in [2.05, 4.69) is 22.6 Å². The van der Waals surface area contributed by atoms with E-state index in [-0.39, 0.29) is 5.78 Å². The number of hydrogen-bond acceptors (Lipinski definition) is 2. The van der Waals surface area contributed by atoms with Crippen molar-refractivity contribution in [2.24, 2.45) is 0 Å². The molecule has 0 saturated heterocycles. The summed E-state index contributed by atoms with van der Waals surface area (Å²) in [5.41, 5.74) is 1.05. The molecule has 0 radical (unpaired) electrons. The predicted octanol–water partition coefficient (Wildman–Crippen LogP) is 2.82. The Morgan fingerprint density at radius 2 is 2.21 bits per heavy atom. The first-order valence-corrected chi connectivity index (χ1v) is 5.62. The van der Waals surface area contributed by atoms with Crippen molar-refractivity contribution < 1.29 is 9.53 Å². The lowest BCUT2D eigenvalue weighted by atomic mass is 10.1. The molecule has 0 unspecified atom stereocenters. The molecule has 14 heavy (non-hydrogen) atoms. The minimum absolute atomic E-state index is 0.177. The third kappa shape index (κ3) is 2.97. The first-order valence-electron chi connectivity index (χ1n) is 4.54. The summed E-state index contributed by atoms with van der Waals surface area (Å²) >= 11 is 2.22. The van der Waals surface area contributed by atoms with Crippen molar-refractivity contribution >= 4 is 28.4 Å². The Kier molecular flexibility index (Phi) is 4.38. The van der Waals surface area contributed by atoms with Crippen molar-refractivity contribution in [3.8, 4) is 5.75 Å². The molecule has 2 nitrogen and oxygen atoms in total. The number of carbonyl (C=O) groups is 1. The van der Waals surface area contributed by atoms with Gasteiger partial charge in [0.25, 0.3) is 0 Å². The van der Waals surface area contributed by atoms with Crippen LogP contribution in [0.3, 0.4) is 0 Å². The molecular formula is C11H13IO2. The van der Waals surface area contributed by atoms with Crippen LogP contribution in [0.2, 0.25) is 0 Å². The maximum atomic E-state index is 11.0. The van der Waals surface area contributed by atoms with Crippen LogP contribution in [0.4, 0.5) is 0 Å². The highest BCUT2D eigenvalue weighted by Crippen LogP contribution is 2.24. The van der Waals surface area contributed by atoms with Crippen molar-refractivity contribution in [2.75, 3.05) is 6.61 Å². The first kappa shape index (κ1) is 11.5. The fraction of sp³-hybridized carbons (Fsp3) is 0.364. The third-order valence-electron chi connectivity index (χ3n) is 1.78. The molecule has 0 atom stereocenters. The number of rotatable bonds is 4. The Morgan fingerprint density at radius 3 is 2.79 bits per heavy atom. The van der Waals surface area contributed by atoms with Gasteiger partial charge in [0.2, 0.25) is 0 Å². The van der Waals surface area contributed by atoms with Crippen LogP contribution < -0.4 is 4.74 Å². The summed E-state index contributed by atoms with van der Waals surface area (Å²) in [6, 6.07) is 5.81. The van der Waals surface area contributed by atoms with Crippen LogP contribution in [-0.2, 0) is 11.2 Å². The molecule has 0 aromatic heterocycles. The van der Waals surface area contributed by atoms with Crippen molar-refractivity contribution in [3.05, 3.63) is 27.3 Å². The molecule has 0 spiro atoms. The van der Waals surface area contributed by atoms with E-state index in [4.69, 9.17) is 4.74 Å². The number of ether oxygens (including phenoxy) is 1. The highest BCUT2D eigenvalue weighted by Gasteiger charge is 2.07. The lowest BCUT2D eigenvalue weighted by Gasteiger charge is -2.08. The summed E-state index contributed by atoms with van der Waals surface area (Å²) in [6.07, 6.45) is 0.485. The van der Waals surface area contributed by atoms with E-state index in [0.29, 0.717) is 13.0 Å². The van der Waals surface area contributed by atoms with Crippen LogP contribution in [0.25, 0.3) is 0 Å². The molecule has 0 bridgehead atoms. The SMILES string of the molecule is CCOc1cccc(CC(C)=O)c1I. The molecule has 0 aliphatic carbocycles. The quantitative estimate of drug-likeness (QED) is 0.800. The molecule has 1 rings (SSSR count). The summed E-state index contributed by atoms with van der Waals surface area (Å²) < 4.78 is 6.48. The Morgan fingerprint density at radius 1 is 1.50 bits per heavy atom. The van der Waals surface area contributed by atoms with Crippen molar-refractivity contribution in [1.29, 1.82) is 0 Å². The normalized spacial score (nSPS) is 9.93. The second-order valence-electron chi connectivity index (χ2n) is 3.04. The second kappa shape index (κ2) is 5.34. The summed E-state index contributed by atoms with van der Waals surface area (Å²) in [5.74, 6) is 1.04. The van der Waals surface area contributed by atoms with Crippen LogP contribution in [0.5, 0.6) is 5.75 Å². The molecule has 0 aliphatic rings. The monoisotopic (exact) mass is 304 g/mol. The molecule has 3 heteroatoms. The van der Waals surface area contributed by atoms with E-state index < -0.39 is 0 Å². The van der Waals surface area contributed by atoms with Gasteiger partial charge in [0.15, 0.2) is 0 Å². The minimum atomic E-state index is 0.177. The molecule has 0 amide bonds. The highest BCUT2D eigenvalue weighted by molar-refractivity contribution is 14.1. The van der Waals surface area contributed by atoms with Gasteiger partial charge >= 0.3 is 0 Å². The van der Waals surface area contributed by atoms with Gasteiger partial charge in [-0.05, 0) is 48.1 Å². The standard InChI is InChI=1S/C11H13IO2/c1-3-14-10-6-4-5-9(11(10)12)7-8(2)13/h4-6H,3,7H2,1-2H3. The van der Waals surface area contributed by atoms with Crippen LogP contribution in [0.15, 0.2) is 18.2 Å². The average molecular weight is 304 g/mol. The van der Waals surface area contributed by atoms with Gasteiger partial charge in [0, 0.05) is 6.42 Å². The van der Waals surface area contributed by atoms with Gasteiger partial charge in [-0.1, -0.05) is 12.1 Å². The first-order chi connectivity index (χ1) is 6.65. The van der Waals surface area contributed by atoms with E-state index in [9.17, 15) is 4.79 Å². The summed E-state index contributed by atoms with van der Waals surface area (Å²) in [5, 5.41) is 0. The van der Waals surface area contributed by atoms with E-state index in [1.165, 1.54) is 0 Å². The lowest BCUT2D eigenvalue weighted by molar-refractivity contribution is -0.116. The number of ketones is 1. The van der Waals surface area contributed by atoms with Gasteiger partial charge in [0.1, 0.15) is 11.5 Å². The van der Waals surface area contributed by atoms with Crippen LogP contribution in [0, 0.1) is 3.57 Å². The molecule has 0 fully saturated rings. The number of halogens is 1. The zero-order valence-electron chi connectivity index (χ0n) is 8.34. The fourth-order valence-corrected chi connectivity index (χ4v) is 1.93. The largest absolute Gasteiger partial charge is 0.493 e. The van der Waals surface area contributed by atoms with Gasteiger partial charge in [-0.2, -0.15) is 0 Å². The highest BCUT2D eigenvalue weighted by atomic mass is 127. The van der Waals surface area contributed by atoms with E-state index in [1.807, 2.05) is 25.1 Å². The fourth-order valence-electron chi connectivity index (χ4n) is 1.23. The van der Waals surface area contributed by atoms with Gasteiger partial charge in [-0.25, -0.2) is 0 Å². The van der Waals surface area contributed by atoms with E-state index >= 15 is 0 Å². The molecular weight excluding hydrogens is 291 g/mol. The Balaban J connectivity index is 2.94. The Hall–Kier alpha value is -0.580. The average Bonchev–Trinajstić information content (AvgIpc) is 2.11. The molecule has 0 aliphatic heterocycles. The van der Waals surface area contributed by atoms with Crippen molar-refractivity contribution in [2.45, 2.75) is 20.3 Å². The molecule has 0 saturated carbocycles. The maximum Gasteiger partial charge on any atom is 0.134 e. The lowest BCUT2D eigenvalue weighted by Crippen LogP contribution is -2.01. The topological polar surface area (TPSA) is 26.3 Å². The number of Topliss-reactive ketones (excluding diaryl/α,β-unsaturated/α-hetero) is 1. The smallest absolute Gasteiger partial charge is 0.134 e. The number of benzene rings is 1. The van der Waals surface area contributed by atoms with E-state index in [1.54, 1.807) is 6.92 Å². The summed E-state index contributed by atoms with van der Waals surface area (Å²) in [6.45, 7) is 4.21. The summed E-state index contributed by atoms with van der Waals surface area (Å²) in [7, 11) is 0. The van der Waals surface area contributed by atoms with Crippen LogP contribution in [-0.4, -0.2) is 12.4 Å². The third-order valence-corrected chi connectivity index (χ3v) is 3.01. The maximum absolute atomic E-state index is 11.0. The number of hydrogen-bond donors (Lipinski definition) is 0. The zero-order chi connectivity index (χ0) is 10.6. The van der Waals surface area contributed by atoms with E-state index in [0.717, 1.165) is 14.9 Å². The van der Waals surface area contributed by atoms with Gasteiger partial charge in [0.05, 0.1) is 10.2 Å². The van der Waals surface area contributed by atoms with Crippen LogP contribution >= 0.6 is 22.6 Å². The van der Waals surface area contributed by atoms with Crippen LogP contribution in [0.1, 0.15) is 19.4 Å². The molecule has 0 heterocycles. The number of carbonyl (C=O) groups excluding carboxylic acids is 1. The molecule has 76 valence electrons. The Bertz CT molecular complexity index is 334. The Labute approximate surface area is 97.8 Å². The predicted molar refractivity (Wildman–Crippen MR) is 64.7 cm³/mol. The zero-order valence-corrected chi connectivity index (χ0v) is 10.5. The van der Waals surface area contributed by atoms with Crippen molar-refractivity contribution in [1.82, 2.24) is 0 Å². The van der Waals surface area contributed by atoms with Gasteiger partial charge < -0.3 is 4.74 Å². The molecule has 0 N–H and O–H groups in total. The van der Waals surface area contributed by atoms with Crippen molar-refractivity contribution in [3.63, 3.8) is 0 Å². The van der Waals surface area contributed by atoms with Gasteiger partial charge in [-0.3, -0.25) is 4.79 Å². The van der Waals surface area contributed by atoms with Gasteiger partial charge in [-0.15, -0.1) is 0 Å². The molecule has 1 aromatic rings. The second-order valence-corrected chi connectivity index (χ2v) is 4.12.